The quantitative estimate of drug-likeness (QED) is 0.667. The van der Waals surface area contributed by atoms with Gasteiger partial charge in [0.2, 0.25) is 5.91 Å². The van der Waals surface area contributed by atoms with Gasteiger partial charge in [-0.2, -0.15) is 0 Å². The van der Waals surface area contributed by atoms with Crippen molar-refractivity contribution in [2.45, 2.75) is 29.9 Å². The van der Waals surface area contributed by atoms with Gasteiger partial charge >= 0.3 is 0 Å². The maximum atomic E-state index is 14.6. The predicted molar refractivity (Wildman–Crippen MR) is 108 cm³/mol. The minimum absolute atomic E-state index is 0.0388. The van der Waals surface area contributed by atoms with Crippen LogP contribution in [0.15, 0.2) is 47.4 Å². The highest BCUT2D eigenvalue weighted by Crippen LogP contribution is 2.38. The SMILES string of the molecule is CC(C(=O)NCC1CC1)C(c1cc(Cl)ccc1F)S(=O)(=O)c1ccc(Cl)cc1. The van der Waals surface area contributed by atoms with Gasteiger partial charge in [-0.05, 0) is 61.2 Å². The molecule has 0 aliphatic heterocycles. The van der Waals surface area contributed by atoms with Crippen LogP contribution < -0.4 is 5.32 Å². The summed E-state index contributed by atoms with van der Waals surface area (Å²) in [7, 11) is -4.10. The molecule has 1 aliphatic carbocycles. The number of amides is 1. The smallest absolute Gasteiger partial charge is 0.224 e. The van der Waals surface area contributed by atoms with Gasteiger partial charge in [-0.25, -0.2) is 12.8 Å². The van der Waals surface area contributed by atoms with Crippen molar-refractivity contribution in [3.63, 3.8) is 0 Å². The van der Waals surface area contributed by atoms with Crippen molar-refractivity contribution >= 4 is 38.9 Å². The Balaban J connectivity index is 2.03. The number of rotatable bonds is 7. The van der Waals surface area contributed by atoms with Gasteiger partial charge in [-0.1, -0.05) is 30.1 Å². The normalized spacial score (nSPS) is 16.4. The molecule has 8 heteroatoms. The van der Waals surface area contributed by atoms with Crippen LogP contribution in [0.3, 0.4) is 0 Å². The molecule has 1 saturated carbocycles. The van der Waals surface area contributed by atoms with Gasteiger partial charge in [0.05, 0.1) is 10.8 Å². The van der Waals surface area contributed by atoms with E-state index in [4.69, 9.17) is 23.2 Å². The van der Waals surface area contributed by atoms with Gasteiger partial charge in [0.1, 0.15) is 11.1 Å². The highest BCUT2D eigenvalue weighted by molar-refractivity contribution is 7.91. The van der Waals surface area contributed by atoms with Crippen LogP contribution in [0.4, 0.5) is 4.39 Å². The zero-order valence-corrected chi connectivity index (χ0v) is 17.5. The lowest BCUT2D eigenvalue weighted by Gasteiger charge is -2.25. The van der Waals surface area contributed by atoms with Crippen molar-refractivity contribution in [3.8, 4) is 0 Å². The number of nitrogens with one attached hydrogen (secondary N) is 1. The molecule has 0 saturated heterocycles. The van der Waals surface area contributed by atoms with Crippen LogP contribution >= 0.6 is 23.2 Å². The van der Waals surface area contributed by atoms with Crippen LogP contribution in [0.1, 0.15) is 30.6 Å². The molecule has 3 rings (SSSR count). The van der Waals surface area contributed by atoms with E-state index < -0.39 is 32.7 Å². The van der Waals surface area contributed by atoms with Crippen LogP contribution in [0.5, 0.6) is 0 Å². The number of sulfone groups is 1. The predicted octanol–water partition coefficient (Wildman–Crippen LogP) is 4.81. The van der Waals surface area contributed by atoms with E-state index in [1.54, 1.807) is 0 Å². The van der Waals surface area contributed by atoms with E-state index in [0.29, 0.717) is 17.5 Å². The molecule has 1 amide bonds. The Bertz CT molecular complexity index is 975. The Morgan fingerprint density at radius 2 is 1.75 bits per heavy atom. The molecule has 0 heterocycles. The minimum Gasteiger partial charge on any atom is -0.356 e. The first kappa shape index (κ1) is 21.1. The molecule has 150 valence electrons. The summed E-state index contributed by atoms with van der Waals surface area (Å²) in [5.41, 5.74) is -0.128. The Kier molecular flexibility index (Phi) is 6.32. The molecule has 1 aliphatic rings. The molecule has 28 heavy (non-hydrogen) atoms. The third-order valence-corrected chi connectivity index (χ3v) is 7.62. The zero-order valence-electron chi connectivity index (χ0n) is 15.2. The Hall–Kier alpha value is -1.63. The molecule has 2 aromatic rings. The van der Waals surface area contributed by atoms with E-state index >= 15 is 0 Å². The molecule has 0 spiro atoms. The van der Waals surface area contributed by atoms with Gasteiger partial charge in [0.25, 0.3) is 0 Å². The van der Waals surface area contributed by atoms with Crippen LogP contribution in [0.2, 0.25) is 10.0 Å². The summed E-state index contributed by atoms with van der Waals surface area (Å²) < 4.78 is 41.3. The highest BCUT2D eigenvalue weighted by atomic mass is 35.5. The summed E-state index contributed by atoms with van der Waals surface area (Å²) in [4.78, 5) is 12.6. The van der Waals surface area contributed by atoms with Crippen LogP contribution in [-0.2, 0) is 14.6 Å². The van der Waals surface area contributed by atoms with Crippen molar-refractivity contribution in [1.82, 2.24) is 5.32 Å². The molecule has 2 aromatic carbocycles. The first-order chi connectivity index (χ1) is 13.2. The second kappa shape index (κ2) is 8.39. The second-order valence-electron chi connectivity index (χ2n) is 7.06. The highest BCUT2D eigenvalue weighted by Gasteiger charge is 2.39. The van der Waals surface area contributed by atoms with Crippen molar-refractivity contribution in [1.29, 1.82) is 0 Å². The molecule has 1 fully saturated rings. The molecular formula is C20H20Cl2FNO3S. The summed E-state index contributed by atoms with van der Waals surface area (Å²) in [6.45, 7) is 1.98. The van der Waals surface area contributed by atoms with Crippen LogP contribution in [0, 0.1) is 17.7 Å². The summed E-state index contributed by atoms with van der Waals surface area (Å²) in [6.07, 6.45) is 2.09. The maximum Gasteiger partial charge on any atom is 0.224 e. The molecular weight excluding hydrogens is 424 g/mol. The number of halogens is 3. The standard InChI is InChI=1S/C20H20Cl2FNO3S/c1-12(20(25)24-11-13-2-3-13)19(17-10-15(22)6-9-18(17)23)28(26,27)16-7-4-14(21)5-8-16/h4-10,12-13,19H,2-3,11H2,1H3,(H,24,25). The fraction of sp³-hybridized carbons (Fsp3) is 0.350. The lowest BCUT2D eigenvalue weighted by molar-refractivity contribution is -0.124. The molecule has 0 bridgehead atoms. The fourth-order valence-corrected chi connectivity index (χ4v) is 5.37. The molecule has 1 N–H and O–H groups in total. The fourth-order valence-electron chi connectivity index (χ4n) is 3.07. The van der Waals surface area contributed by atoms with Crippen molar-refractivity contribution in [2.75, 3.05) is 6.54 Å². The largest absolute Gasteiger partial charge is 0.356 e. The van der Waals surface area contributed by atoms with Crippen molar-refractivity contribution < 1.29 is 17.6 Å². The molecule has 4 nitrogen and oxygen atoms in total. The first-order valence-electron chi connectivity index (χ1n) is 8.92. The van der Waals surface area contributed by atoms with E-state index in [0.717, 1.165) is 18.9 Å². The summed E-state index contributed by atoms with van der Waals surface area (Å²) in [5, 5.41) is 1.92. The number of benzene rings is 2. The van der Waals surface area contributed by atoms with Gasteiger partial charge in [-0.15, -0.1) is 0 Å². The van der Waals surface area contributed by atoms with Gasteiger partial charge < -0.3 is 5.32 Å². The van der Waals surface area contributed by atoms with E-state index in [9.17, 15) is 17.6 Å². The van der Waals surface area contributed by atoms with E-state index in [2.05, 4.69) is 5.32 Å². The number of hydrogen-bond acceptors (Lipinski definition) is 3. The van der Waals surface area contributed by atoms with E-state index in [1.165, 1.54) is 43.3 Å². The summed E-state index contributed by atoms with van der Waals surface area (Å²) >= 11 is 11.9. The maximum absolute atomic E-state index is 14.6. The number of carbonyl (C=O) groups is 1. The monoisotopic (exact) mass is 443 g/mol. The molecule has 0 aromatic heterocycles. The third-order valence-electron chi connectivity index (χ3n) is 4.87. The van der Waals surface area contributed by atoms with Crippen molar-refractivity contribution in [3.05, 3.63) is 63.9 Å². The average molecular weight is 444 g/mol. The lowest BCUT2D eigenvalue weighted by atomic mass is 9.99. The lowest BCUT2D eigenvalue weighted by Crippen LogP contribution is -2.36. The van der Waals surface area contributed by atoms with Crippen LogP contribution in [-0.4, -0.2) is 20.9 Å². The molecule has 2 atom stereocenters. The van der Waals surface area contributed by atoms with Crippen LogP contribution in [0.25, 0.3) is 0 Å². The average Bonchev–Trinajstić information content (AvgIpc) is 3.47. The third kappa shape index (κ3) is 4.67. The Morgan fingerprint density at radius 1 is 1.14 bits per heavy atom. The second-order valence-corrected chi connectivity index (χ2v) is 10.0. The number of carbonyl (C=O) groups excluding carboxylic acids is 1. The molecule has 2 unspecified atom stereocenters. The number of hydrogen-bond donors (Lipinski definition) is 1. The van der Waals surface area contributed by atoms with E-state index in [-0.39, 0.29) is 15.5 Å². The minimum atomic E-state index is -4.10. The zero-order chi connectivity index (χ0) is 20.5. The summed E-state index contributed by atoms with van der Waals surface area (Å²) in [5.74, 6) is -1.75. The van der Waals surface area contributed by atoms with Gasteiger partial charge in [0, 0.05) is 22.2 Å². The molecule has 0 radical (unpaired) electrons. The first-order valence-corrected chi connectivity index (χ1v) is 11.2. The summed E-state index contributed by atoms with van der Waals surface area (Å²) in [6, 6.07) is 9.29. The van der Waals surface area contributed by atoms with Gasteiger partial charge in [0.15, 0.2) is 9.84 Å². The van der Waals surface area contributed by atoms with Crippen molar-refractivity contribution in [2.24, 2.45) is 11.8 Å². The topological polar surface area (TPSA) is 63.2 Å². The Morgan fingerprint density at radius 3 is 2.36 bits per heavy atom. The Labute approximate surface area is 174 Å². The van der Waals surface area contributed by atoms with Gasteiger partial charge in [-0.3, -0.25) is 4.79 Å². The van der Waals surface area contributed by atoms with E-state index in [1.807, 2.05) is 0 Å².